The second-order valence-corrected chi connectivity index (χ2v) is 5.71. The molecule has 21 heavy (non-hydrogen) atoms. The molecule has 1 aromatic carbocycles. The van der Waals surface area contributed by atoms with Crippen LogP contribution in [0.5, 0.6) is 0 Å². The molecule has 0 heterocycles. The van der Waals surface area contributed by atoms with Gasteiger partial charge in [-0.2, -0.15) is 0 Å². The minimum atomic E-state index is -1.27. The third kappa shape index (κ3) is 4.04. The zero-order valence-corrected chi connectivity index (χ0v) is 11.9. The molecule has 1 saturated carbocycles. The molecule has 0 aromatic heterocycles. The van der Waals surface area contributed by atoms with Crippen LogP contribution in [-0.2, 0) is 9.59 Å². The molecule has 0 bridgehead atoms. The molecule has 0 aliphatic heterocycles. The number of aliphatic carboxylic acids is 1. The largest absolute Gasteiger partial charge is 0.481 e. The van der Waals surface area contributed by atoms with Crippen LogP contribution in [0.2, 0.25) is 0 Å². The number of aliphatic hydroxyl groups excluding tert-OH is 1. The Morgan fingerprint density at radius 3 is 2.33 bits per heavy atom. The van der Waals surface area contributed by atoms with Crippen LogP contribution in [0, 0.1) is 0 Å². The van der Waals surface area contributed by atoms with E-state index in [1.807, 2.05) is 0 Å². The normalized spacial score (nSPS) is 18.7. The van der Waals surface area contributed by atoms with Crippen molar-refractivity contribution < 1.29 is 19.8 Å². The van der Waals surface area contributed by atoms with E-state index in [9.17, 15) is 14.7 Å². The summed E-state index contributed by atoms with van der Waals surface area (Å²) in [5.41, 5.74) is -0.215. The summed E-state index contributed by atoms with van der Waals surface area (Å²) in [4.78, 5) is 23.3. The summed E-state index contributed by atoms with van der Waals surface area (Å²) < 4.78 is 0. The first kappa shape index (κ1) is 15.5. The monoisotopic (exact) mass is 291 g/mol. The molecule has 0 radical (unpaired) electrons. The van der Waals surface area contributed by atoms with Crippen LogP contribution in [0.3, 0.4) is 0 Å². The molecule has 1 aliphatic rings. The van der Waals surface area contributed by atoms with Gasteiger partial charge in [-0.3, -0.25) is 9.59 Å². The number of hydrogen-bond donors (Lipinski definition) is 3. The molecular weight excluding hydrogens is 270 g/mol. The number of nitrogens with one attached hydrogen (secondary N) is 1. The van der Waals surface area contributed by atoms with Crippen LogP contribution >= 0.6 is 0 Å². The lowest BCUT2D eigenvalue weighted by Gasteiger charge is -2.37. The van der Waals surface area contributed by atoms with Gasteiger partial charge < -0.3 is 15.5 Å². The average molecular weight is 291 g/mol. The van der Waals surface area contributed by atoms with Crippen LogP contribution in [0.25, 0.3) is 0 Å². The highest BCUT2D eigenvalue weighted by Gasteiger charge is 2.37. The molecule has 5 heteroatoms. The quantitative estimate of drug-likeness (QED) is 0.774. The molecule has 0 saturated heterocycles. The topological polar surface area (TPSA) is 86.6 Å². The standard InChI is InChI=1S/C16H21NO4/c18-13(19)11-16(9-5-2-6-10-16)17-15(21)14(20)12-7-3-1-4-8-12/h1,3-4,7-8,14,20H,2,5-6,9-11H2,(H,17,21)(H,18,19). The minimum Gasteiger partial charge on any atom is -0.481 e. The van der Waals surface area contributed by atoms with Crippen molar-refractivity contribution in [1.29, 1.82) is 0 Å². The van der Waals surface area contributed by atoms with E-state index in [2.05, 4.69) is 5.32 Å². The number of benzene rings is 1. The second-order valence-electron chi connectivity index (χ2n) is 5.71. The molecule has 114 valence electrons. The summed E-state index contributed by atoms with van der Waals surface area (Å²) in [5, 5.41) is 22.0. The highest BCUT2D eigenvalue weighted by molar-refractivity contribution is 5.83. The molecule has 1 unspecified atom stereocenters. The Hall–Kier alpha value is -1.88. The first-order valence-corrected chi connectivity index (χ1v) is 7.29. The number of carboxylic acid groups (broad SMARTS) is 1. The van der Waals surface area contributed by atoms with Crippen molar-refractivity contribution in [2.24, 2.45) is 0 Å². The zero-order valence-electron chi connectivity index (χ0n) is 11.9. The Labute approximate surface area is 124 Å². The van der Waals surface area contributed by atoms with E-state index >= 15 is 0 Å². The van der Waals surface area contributed by atoms with Crippen LogP contribution < -0.4 is 5.32 Å². The molecule has 5 nitrogen and oxygen atoms in total. The van der Waals surface area contributed by atoms with Crippen LogP contribution in [0.4, 0.5) is 0 Å². The smallest absolute Gasteiger partial charge is 0.305 e. The Morgan fingerprint density at radius 2 is 1.76 bits per heavy atom. The van der Waals surface area contributed by atoms with Gasteiger partial charge in [0, 0.05) is 0 Å². The molecule has 0 spiro atoms. The fourth-order valence-corrected chi connectivity index (χ4v) is 2.98. The van der Waals surface area contributed by atoms with E-state index in [0.717, 1.165) is 19.3 Å². The Bertz CT molecular complexity index is 494. The first-order chi connectivity index (χ1) is 10.0. The summed E-state index contributed by atoms with van der Waals surface area (Å²) in [6.45, 7) is 0. The van der Waals surface area contributed by atoms with E-state index in [1.54, 1.807) is 30.3 Å². The molecule has 1 fully saturated rings. The van der Waals surface area contributed by atoms with Crippen LogP contribution in [0.15, 0.2) is 30.3 Å². The van der Waals surface area contributed by atoms with E-state index in [1.165, 1.54) is 0 Å². The highest BCUT2D eigenvalue weighted by atomic mass is 16.4. The fourth-order valence-electron chi connectivity index (χ4n) is 2.98. The highest BCUT2D eigenvalue weighted by Crippen LogP contribution is 2.31. The summed E-state index contributed by atoms with van der Waals surface area (Å²) >= 11 is 0. The molecule has 1 aromatic rings. The maximum Gasteiger partial charge on any atom is 0.305 e. The molecule has 2 rings (SSSR count). The van der Waals surface area contributed by atoms with E-state index in [-0.39, 0.29) is 6.42 Å². The third-order valence-corrected chi connectivity index (χ3v) is 4.05. The predicted molar refractivity (Wildman–Crippen MR) is 77.6 cm³/mol. The van der Waals surface area contributed by atoms with Crippen molar-refractivity contribution in [2.45, 2.75) is 50.2 Å². The predicted octanol–water partition coefficient (Wildman–Crippen LogP) is 2.01. The lowest BCUT2D eigenvalue weighted by Crippen LogP contribution is -2.52. The van der Waals surface area contributed by atoms with Gasteiger partial charge in [0.1, 0.15) is 0 Å². The third-order valence-electron chi connectivity index (χ3n) is 4.05. The molecule has 1 atom stereocenters. The fraction of sp³-hybridized carbons (Fsp3) is 0.500. The van der Waals surface area contributed by atoms with E-state index in [4.69, 9.17) is 5.11 Å². The lowest BCUT2D eigenvalue weighted by atomic mass is 9.79. The number of aliphatic hydroxyl groups is 1. The number of carbonyl (C=O) groups is 2. The van der Waals surface area contributed by atoms with Crippen molar-refractivity contribution in [3.8, 4) is 0 Å². The molecule has 3 N–H and O–H groups in total. The molecular formula is C16H21NO4. The number of rotatable bonds is 5. The van der Waals surface area contributed by atoms with Crippen molar-refractivity contribution in [2.75, 3.05) is 0 Å². The van der Waals surface area contributed by atoms with Gasteiger partial charge in [-0.25, -0.2) is 0 Å². The van der Waals surface area contributed by atoms with Crippen molar-refractivity contribution in [3.05, 3.63) is 35.9 Å². The summed E-state index contributed by atoms with van der Waals surface area (Å²) in [6.07, 6.45) is 2.78. The summed E-state index contributed by atoms with van der Waals surface area (Å²) in [7, 11) is 0. The van der Waals surface area contributed by atoms with Gasteiger partial charge in [-0.05, 0) is 18.4 Å². The van der Waals surface area contributed by atoms with Gasteiger partial charge in [0.25, 0.3) is 5.91 Å². The summed E-state index contributed by atoms with van der Waals surface area (Å²) in [5.74, 6) is -1.45. The molecule has 1 aliphatic carbocycles. The SMILES string of the molecule is O=C(O)CC1(NC(=O)C(O)c2ccccc2)CCCCC1. The van der Waals surface area contributed by atoms with Gasteiger partial charge >= 0.3 is 5.97 Å². The lowest BCUT2D eigenvalue weighted by molar-refractivity contribution is -0.140. The Morgan fingerprint density at radius 1 is 1.14 bits per heavy atom. The van der Waals surface area contributed by atoms with Crippen LogP contribution in [0.1, 0.15) is 50.2 Å². The van der Waals surface area contributed by atoms with Gasteiger partial charge in [0.05, 0.1) is 12.0 Å². The van der Waals surface area contributed by atoms with Crippen molar-refractivity contribution >= 4 is 11.9 Å². The Balaban J connectivity index is 2.09. The minimum absolute atomic E-state index is 0.0970. The Kier molecular flexibility index (Phi) is 4.96. The van der Waals surface area contributed by atoms with Gasteiger partial charge in [0.2, 0.25) is 0 Å². The summed E-state index contributed by atoms with van der Waals surface area (Å²) in [6, 6.07) is 8.66. The number of hydrogen-bond acceptors (Lipinski definition) is 3. The number of amides is 1. The van der Waals surface area contributed by atoms with E-state index < -0.39 is 23.5 Å². The maximum absolute atomic E-state index is 12.2. The molecule has 1 amide bonds. The second kappa shape index (κ2) is 6.72. The first-order valence-electron chi connectivity index (χ1n) is 7.29. The van der Waals surface area contributed by atoms with Crippen molar-refractivity contribution in [1.82, 2.24) is 5.32 Å². The zero-order chi connectivity index (χ0) is 15.3. The van der Waals surface area contributed by atoms with E-state index in [0.29, 0.717) is 18.4 Å². The number of carbonyl (C=O) groups excluding carboxylic acids is 1. The average Bonchev–Trinajstić information content (AvgIpc) is 2.47. The number of carboxylic acids is 1. The van der Waals surface area contributed by atoms with Crippen molar-refractivity contribution in [3.63, 3.8) is 0 Å². The van der Waals surface area contributed by atoms with Gasteiger partial charge in [-0.15, -0.1) is 0 Å². The van der Waals surface area contributed by atoms with Crippen LogP contribution in [-0.4, -0.2) is 27.6 Å². The van der Waals surface area contributed by atoms with Gasteiger partial charge in [-0.1, -0.05) is 49.6 Å². The van der Waals surface area contributed by atoms with Gasteiger partial charge in [0.15, 0.2) is 6.10 Å². The maximum atomic E-state index is 12.2.